The molecule has 1 rings (SSSR count). The third-order valence-electron chi connectivity index (χ3n) is 1.22. The van der Waals surface area contributed by atoms with E-state index in [1.54, 1.807) is 0 Å². The van der Waals surface area contributed by atoms with Gasteiger partial charge in [-0.15, -0.1) is 11.8 Å². The van der Waals surface area contributed by atoms with Gasteiger partial charge in [-0.05, 0) is 18.2 Å². The zero-order valence-corrected chi connectivity index (χ0v) is 10.00. The highest BCUT2D eigenvalue weighted by Crippen LogP contribution is 2.32. The molecule has 0 spiro atoms. The molecule has 2 heteroatoms. The van der Waals surface area contributed by atoms with Crippen LogP contribution in [0.1, 0.15) is 20.8 Å². The lowest BCUT2D eigenvalue weighted by Crippen LogP contribution is -2.06. The van der Waals surface area contributed by atoms with E-state index in [0.29, 0.717) is 4.75 Å². The van der Waals surface area contributed by atoms with Crippen molar-refractivity contribution in [3.05, 3.63) is 28.7 Å². The Morgan fingerprint density at radius 1 is 1.25 bits per heavy atom. The minimum Gasteiger partial charge on any atom is -0.120 e. The molecule has 0 heterocycles. The Hall–Kier alpha value is 0.0500. The van der Waals surface area contributed by atoms with Crippen LogP contribution in [-0.2, 0) is 0 Å². The van der Waals surface area contributed by atoms with Gasteiger partial charge in [-0.25, -0.2) is 0 Å². The minimum absolute atomic E-state index is 0.292. The van der Waals surface area contributed by atoms with Crippen molar-refractivity contribution in [1.29, 1.82) is 0 Å². The fourth-order valence-electron chi connectivity index (χ4n) is 0.884. The molecular formula is C10H13BrS. The van der Waals surface area contributed by atoms with Gasteiger partial charge in [0.15, 0.2) is 0 Å². The van der Waals surface area contributed by atoms with Gasteiger partial charge in [0.05, 0.1) is 0 Å². The fraction of sp³-hybridized carbons (Fsp3) is 0.400. The van der Waals surface area contributed by atoms with Crippen LogP contribution in [0.5, 0.6) is 0 Å². The third kappa shape index (κ3) is 3.63. The summed E-state index contributed by atoms with van der Waals surface area (Å²) >= 11 is 5.34. The summed E-state index contributed by atoms with van der Waals surface area (Å²) in [6.45, 7) is 6.66. The Balaban J connectivity index is 2.77. The second-order valence-electron chi connectivity index (χ2n) is 3.67. The molecule has 0 saturated carbocycles. The lowest BCUT2D eigenvalue weighted by Gasteiger charge is -2.17. The van der Waals surface area contributed by atoms with Gasteiger partial charge in [0, 0.05) is 14.1 Å². The average molecular weight is 245 g/mol. The molecule has 1 aromatic carbocycles. The van der Waals surface area contributed by atoms with Crippen LogP contribution in [-0.4, -0.2) is 4.75 Å². The summed E-state index contributed by atoms with van der Waals surface area (Å²) in [5, 5.41) is 0. The van der Waals surface area contributed by atoms with Crippen LogP contribution in [0.2, 0.25) is 0 Å². The van der Waals surface area contributed by atoms with Gasteiger partial charge in [0.1, 0.15) is 0 Å². The molecule has 0 bridgehead atoms. The maximum absolute atomic E-state index is 3.46. The SMILES string of the molecule is CC(C)(C)Sc1cccc(Br)c1. The second kappa shape index (κ2) is 3.84. The van der Waals surface area contributed by atoms with Crippen molar-refractivity contribution >= 4 is 27.7 Å². The number of thioether (sulfide) groups is 1. The molecule has 0 saturated heterocycles. The van der Waals surface area contributed by atoms with Crippen molar-refractivity contribution in [2.24, 2.45) is 0 Å². The van der Waals surface area contributed by atoms with E-state index in [2.05, 4.69) is 54.9 Å². The van der Waals surface area contributed by atoms with Gasteiger partial charge in [-0.2, -0.15) is 0 Å². The average Bonchev–Trinajstić information content (AvgIpc) is 1.82. The maximum Gasteiger partial charge on any atom is 0.0186 e. The van der Waals surface area contributed by atoms with E-state index in [0.717, 1.165) is 4.47 Å². The third-order valence-corrected chi connectivity index (χ3v) is 2.82. The molecule has 0 N–H and O–H groups in total. The predicted molar refractivity (Wildman–Crippen MR) is 59.8 cm³/mol. The van der Waals surface area contributed by atoms with Crippen molar-refractivity contribution in [1.82, 2.24) is 0 Å². The van der Waals surface area contributed by atoms with E-state index in [1.165, 1.54) is 4.90 Å². The van der Waals surface area contributed by atoms with Crippen LogP contribution in [0.4, 0.5) is 0 Å². The van der Waals surface area contributed by atoms with E-state index in [-0.39, 0.29) is 0 Å². The number of hydrogen-bond acceptors (Lipinski definition) is 1. The lowest BCUT2D eigenvalue weighted by atomic mass is 10.3. The topological polar surface area (TPSA) is 0 Å². The summed E-state index contributed by atoms with van der Waals surface area (Å²) < 4.78 is 1.44. The van der Waals surface area contributed by atoms with Crippen LogP contribution >= 0.6 is 27.7 Å². The zero-order valence-electron chi connectivity index (χ0n) is 7.60. The molecule has 0 aromatic heterocycles. The quantitative estimate of drug-likeness (QED) is 0.663. The van der Waals surface area contributed by atoms with Crippen LogP contribution < -0.4 is 0 Å². The predicted octanol–water partition coefficient (Wildman–Crippen LogP) is 4.34. The molecule has 0 unspecified atom stereocenters. The fourth-order valence-corrected chi connectivity index (χ4v) is 2.47. The Morgan fingerprint density at radius 2 is 1.92 bits per heavy atom. The summed E-state index contributed by atoms with van der Waals surface area (Å²) in [6.07, 6.45) is 0. The molecular weight excluding hydrogens is 232 g/mol. The van der Waals surface area contributed by atoms with Gasteiger partial charge >= 0.3 is 0 Å². The van der Waals surface area contributed by atoms with Crippen LogP contribution in [0.3, 0.4) is 0 Å². The summed E-state index contributed by atoms with van der Waals surface area (Å²) in [5.41, 5.74) is 0. The Kier molecular flexibility index (Phi) is 3.24. The van der Waals surface area contributed by atoms with E-state index in [1.807, 2.05) is 17.8 Å². The Labute approximate surface area is 86.9 Å². The van der Waals surface area contributed by atoms with Gasteiger partial charge < -0.3 is 0 Å². The minimum atomic E-state index is 0.292. The van der Waals surface area contributed by atoms with Gasteiger partial charge in [0.2, 0.25) is 0 Å². The first-order valence-electron chi connectivity index (χ1n) is 3.92. The second-order valence-corrected chi connectivity index (χ2v) is 6.49. The molecule has 66 valence electrons. The molecule has 0 aliphatic heterocycles. The molecule has 12 heavy (non-hydrogen) atoms. The summed E-state index contributed by atoms with van der Waals surface area (Å²) in [7, 11) is 0. The summed E-state index contributed by atoms with van der Waals surface area (Å²) in [4.78, 5) is 1.32. The number of hydrogen-bond donors (Lipinski definition) is 0. The molecule has 1 aromatic rings. The molecule has 0 amide bonds. The van der Waals surface area contributed by atoms with Crippen molar-refractivity contribution in [3.8, 4) is 0 Å². The van der Waals surface area contributed by atoms with Crippen LogP contribution in [0.25, 0.3) is 0 Å². The molecule has 0 aliphatic carbocycles. The van der Waals surface area contributed by atoms with Gasteiger partial charge in [-0.3, -0.25) is 0 Å². The van der Waals surface area contributed by atoms with E-state index < -0.39 is 0 Å². The highest BCUT2D eigenvalue weighted by atomic mass is 79.9. The first kappa shape index (κ1) is 10.1. The number of rotatable bonds is 1. The zero-order chi connectivity index (χ0) is 9.19. The van der Waals surface area contributed by atoms with Crippen LogP contribution in [0.15, 0.2) is 33.6 Å². The molecule has 0 fully saturated rings. The normalized spacial score (nSPS) is 11.7. The Bertz CT molecular complexity index is 263. The standard InChI is InChI=1S/C10H13BrS/c1-10(2,3)12-9-6-4-5-8(11)7-9/h4-7H,1-3H3. The molecule has 0 nitrogen and oxygen atoms in total. The van der Waals surface area contributed by atoms with Crippen molar-refractivity contribution < 1.29 is 0 Å². The van der Waals surface area contributed by atoms with E-state index in [9.17, 15) is 0 Å². The van der Waals surface area contributed by atoms with Crippen LogP contribution in [0, 0.1) is 0 Å². The van der Waals surface area contributed by atoms with E-state index in [4.69, 9.17) is 0 Å². The maximum atomic E-state index is 3.46. The molecule has 0 aliphatic rings. The highest BCUT2D eigenvalue weighted by Gasteiger charge is 2.11. The van der Waals surface area contributed by atoms with E-state index >= 15 is 0 Å². The number of benzene rings is 1. The first-order valence-corrected chi connectivity index (χ1v) is 5.53. The molecule has 0 radical (unpaired) electrons. The molecule has 0 atom stereocenters. The lowest BCUT2D eigenvalue weighted by molar-refractivity contribution is 0.803. The van der Waals surface area contributed by atoms with Gasteiger partial charge in [-0.1, -0.05) is 42.8 Å². The Morgan fingerprint density at radius 3 is 2.42 bits per heavy atom. The van der Waals surface area contributed by atoms with Crippen molar-refractivity contribution in [3.63, 3.8) is 0 Å². The number of halogens is 1. The highest BCUT2D eigenvalue weighted by molar-refractivity contribution is 9.10. The largest absolute Gasteiger partial charge is 0.120 e. The summed E-state index contributed by atoms with van der Waals surface area (Å²) in [5.74, 6) is 0. The first-order chi connectivity index (χ1) is 5.47. The van der Waals surface area contributed by atoms with Crippen molar-refractivity contribution in [2.75, 3.05) is 0 Å². The summed E-state index contributed by atoms with van der Waals surface area (Å²) in [6, 6.07) is 8.40. The van der Waals surface area contributed by atoms with Gasteiger partial charge in [0.25, 0.3) is 0 Å². The smallest absolute Gasteiger partial charge is 0.0186 e. The van der Waals surface area contributed by atoms with Crippen molar-refractivity contribution in [2.45, 2.75) is 30.4 Å². The monoisotopic (exact) mass is 244 g/mol.